The molecule has 1 aliphatic heterocycles. The lowest BCUT2D eigenvalue weighted by Gasteiger charge is -2.40. The zero-order chi connectivity index (χ0) is 29.2. The third-order valence-electron chi connectivity index (χ3n) is 8.91. The molecule has 3 atom stereocenters. The first-order valence-corrected chi connectivity index (χ1v) is 15.5. The molecule has 10 heteroatoms. The number of carbonyl (C=O) groups is 1. The van der Waals surface area contributed by atoms with E-state index in [0.717, 1.165) is 85.8 Å². The normalized spacial score (nSPS) is 22.3. The van der Waals surface area contributed by atoms with Crippen molar-refractivity contribution in [2.45, 2.75) is 75.4 Å². The lowest BCUT2D eigenvalue weighted by Crippen LogP contribution is -2.55. The Bertz CT molecular complexity index is 1570. The molecule has 43 heavy (non-hydrogen) atoms. The van der Waals surface area contributed by atoms with Gasteiger partial charge in [0.1, 0.15) is 11.6 Å². The van der Waals surface area contributed by atoms with E-state index in [4.69, 9.17) is 15.2 Å². The largest absolute Gasteiger partial charge is 0.366 e. The van der Waals surface area contributed by atoms with Crippen molar-refractivity contribution in [3.63, 3.8) is 0 Å². The van der Waals surface area contributed by atoms with Crippen LogP contribution in [0.5, 0.6) is 0 Å². The van der Waals surface area contributed by atoms with Crippen LogP contribution in [0.15, 0.2) is 65.4 Å². The molecule has 2 aliphatic carbocycles. The van der Waals surface area contributed by atoms with Crippen LogP contribution < -0.4 is 21.3 Å². The maximum Gasteiger partial charge on any atom is 0.248 e. The number of nitrogens with one attached hydrogen (secondary N) is 2. The van der Waals surface area contributed by atoms with Crippen LogP contribution in [0.4, 0.5) is 11.6 Å². The molecule has 10 nitrogen and oxygen atoms in total. The zero-order valence-corrected chi connectivity index (χ0v) is 24.3. The lowest BCUT2D eigenvalue weighted by molar-refractivity contribution is 0.100. The number of hydrogen-bond acceptors (Lipinski definition) is 9. The summed E-state index contributed by atoms with van der Waals surface area (Å²) in [5, 5.41) is 11.9. The Hall–Kier alpha value is -4.31. The van der Waals surface area contributed by atoms with Gasteiger partial charge in [0.15, 0.2) is 0 Å². The molecular formula is C33H38N8O2. The molecule has 3 aromatic heterocycles. The Labute approximate surface area is 251 Å². The number of nitrogens with zero attached hydrogens (tertiary/aromatic N) is 5. The molecule has 1 saturated heterocycles. The van der Waals surface area contributed by atoms with Crippen molar-refractivity contribution in [2.75, 3.05) is 23.3 Å². The Morgan fingerprint density at radius 2 is 1.77 bits per heavy atom. The molecule has 2 saturated carbocycles. The van der Waals surface area contributed by atoms with Crippen molar-refractivity contribution in [2.24, 2.45) is 5.73 Å². The highest BCUT2D eigenvalue weighted by Crippen LogP contribution is 2.39. The fourth-order valence-corrected chi connectivity index (χ4v) is 6.41. The van der Waals surface area contributed by atoms with Gasteiger partial charge in [-0.2, -0.15) is 4.98 Å². The Kier molecular flexibility index (Phi) is 7.76. The number of nitrogens with two attached hydrogens (primary N) is 1. The minimum Gasteiger partial charge on any atom is -0.366 e. The fraction of sp³-hybridized carbons (Fsp3) is 0.424. The van der Waals surface area contributed by atoms with Crippen molar-refractivity contribution in [1.29, 1.82) is 0 Å². The summed E-state index contributed by atoms with van der Waals surface area (Å²) in [5.74, 6) is 3.22. The minimum absolute atomic E-state index is 0.289. The quantitative estimate of drug-likeness (QED) is 0.246. The number of piperidine rings is 1. The summed E-state index contributed by atoms with van der Waals surface area (Å²) in [5.41, 5.74) is 8.85. The number of anilines is 2. The van der Waals surface area contributed by atoms with E-state index in [1.165, 1.54) is 12.8 Å². The molecule has 0 bridgehead atoms. The van der Waals surface area contributed by atoms with E-state index >= 15 is 0 Å². The summed E-state index contributed by atoms with van der Waals surface area (Å²) in [6, 6.07) is 16.6. The molecule has 222 valence electrons. The van der Waals surface area contributed by atoms with E-state index in [2.05, 4.69) is 42.8 Å². The summed E-state index contributed by atoms with van der Waals surface area (Å²) in [4.78, 5) is 28.0. The SMILES string of the molecule is NC(=O)c1cccc(-c2ccnc(NC3CCCC[C@H]3N[C@H]3CCCN(c4ccc(-c5noc(C6CC6)n5)cn4)C3)c2)c1. The highest BCUT2D eigenvalue weighted by atomic mass is 16.5. The van der Waals surface area contributed by atoms with E-state index in [0.29, 0.717) is 29.4 Å². The number of hydrogen-bond donors (Lipinski definition) is 3. The summed E-state index contributed by atoms with van der Waals surface area (Å²) in [7, 11) is 0. The van der Waals surface area contributed by atoms with Crippen LogP contribution in [0.25, 0.3) is 22.5 Å². The van der Waals surface area contributed by atoms with Gasteiger partial charge < -0.3 is 25.8 Å². The monoisotopic (exact) mass is 578 g/mol. The van der Waals surface area contributed by atoms with Crippen LogP contribution in [0.2, 0.25) is 0 Å². The van der Waals surface area contributed by atoms with Crippen molar-refractivity contribution < 1.29 is 9.32 Å². The smallest absolute Gasteiger partial charge is 0.248 e. The van der Waals surface area contributed by atoms with Crippen LogP contribution >= 0.6 is 0 Å². The van der Waals surface area contributed by atoms with Crippen molar-refractivity contribution >= 4 is 17.5 Å². The van der Waals surface area contributed by atoms with Crippen LogP contribution in [-0.4, -0.2) is 57.2 Å². The number of pyridine rings is 2. The number of carbonyl (C=O) groups excluding carboxylic acids is 1. The Morgan fingerprint density at radius 3 is 2.58 bits per heavy atom. The van der Waals surface area contributed by atoms with Gasteiger partial charge in [-0.15, -0.1) is 0 Å². The second-order valence-electron chi connectivity index (χ2n) is 12.1. The second kappa shape index (κ2) is 12.1. The van der Waals surface area contributed by atoms with Crippen molar-refractivity contribution in [3.8, 4) is 22.5 Å². The molecule has 1 amide bonds. The molecule has 3 fully saturated rings. The van der Waals surface area contributed by atoms with Crippen LogP contribution in [0, 0.1) is 0 Å². The molecule has 4 aromatic rings. The number of primary amides is 1. The predicted octanol–water partition coefficient (Wildman–Crippen LogP) is 5.15. The summed E-state index contributed by atoms with van der Waals surface area (Å²) >= 11 is 0. The van der Waals surface area contributed by atoms with Crippen LogP contribution in [0.1, 0.15) is 73.5 Å². The van der Waals surface area contributed by atoms with Crippen LogP contribution in [-0.2, 0) is 0 Å². The third-order valence-corrected chi connectivity index (χ3v) is 8.91. The van der Waals surface area contributed by atoms with E-state index in [9.17, 15) is 4.79 Å². The Balaban J connectivity index is 0.991. The topological polar surface area (TPSA) is 135 Å². The maximum absolute atomic E-state index is 11.7. The molecule has 7 rings (SSSR count). The number of rotatable bonds is 9. The first-order chi connectivity index (χ1) is 21.1. The van der Waals surface area contributed by atoms with Gasteiger partial charge in [0, 0.05) is 60.7 Å². The van der Waals surface area contributed by atoms with Gasteiger partial charge in [-0.3, -0.25) is 4.79 Å². The Morgan fingerprint density at radius 1 is 0.907 bits per heavy atom. The predicted molar refractivity (Wildman–Crippen MR) is 166 cm³/mol. The van der Waals surface area contributed by atoms with E-state index in [-0.39, 0.29) is 6.04 Å². The molecule has 0 spiro atoms. The average Bonchev–Trinajstić information content (AvgIpc) is 3.78. The molecule has 4 heterocycles. The standard InChI is InChI=1S/C33H38N8O2/c34-31(42)24-6-3-5-22(17-24)23-14-15-35-29(18-23)38-28-9-2-1-8-27(28)37-26-7-4-16-41(20-26)30-13-12-25(19-36-30)32-39-33(43-40-32)21-10-11-21/h3,5-6,12-15,17-19,21,26-28,37H,1-2,4,7-11,16,20H2,(H2,34,42)(H,35,38)/t26-,27+,28?/m0/s1. The average molecular weight is 579 g/mol. The first kappa shape index (κ1) is 27.5. The molecule has 1 unspecified atom stereocenters. The highest BCUT2D eigenvalue weighted by Gasteiger charge is 2.31. The molecular weight excluding hydrogens is 540 g/mol. The number of amides is 1. The highest BCUT2D eigenvalue weighted by molar-refractivity contribution is 5.94. The summed E-state index contributed by atoms with van der Waals surface area (Å²) in [6.07, 6.45) is 12.9. The second-order valence-corrected chi connectivity index (χ2v) is 12.1. The van der Waals surface area contributed by atoms with Gasteiger partial charge in [0.25, 0.3) is 0 Å². The van der Waals surface area contributed by atoms with Crippen LogP contribution in [0.3, 0.4) is 0 Å². The molecule has 1 aromatic carbocycles. The zero-order valence-electron chi connectivity index (χ0n) is 24.3. The fourth-order valence-electron chi connectivity index (χ4n) is 6.41. The van der Waals surface area contributed by atoms with Crippen molar-refractivity contribution in [3.05, 3.63) is 72.4 Å². The van der Waals surface area contributed by atoms with Crippen molar-refractivity contribution in [1.82, 2.24) is 25.4 Å². The molecule has 4 N–H and O–H groups in total. The lowest BCUT2D eigenvalue weighted by atomic mass is 9.89. The van der Waals surface area contributed by atoms with Gasteiger partial charge in [-0.05, 0) is 86.1 Å². The van der Waals surface area contributed by atoms with Gasteiger partial charge >= 0.3 is 0 Å². The third kappa shape index (κ3) is 6.39. The van der Waals surface area contributed by atoms with E-state index in [1.54, 1.807) is 6.07 Å². The molecule has 3 aliphatic rings. The van der Waals surface area contributed by atoms with Gasteiger partial charge in [-0.1, -0.05) is 30.1 Å². The summed E-state index contributed by atoms with van der Waals surface area (Å²) in [6.45, 7) is 1.92. The maximum atomic E-state index is 11.7. The van der Waals surface area contributed by atoms with E-state index < -0.39 is 5.91 Å². The van der Waals surface area contributed by atoms with Gasteiger partial charge in [0.2, 0.25) is 17.6 Å². The summed E-state index contributed by atoms with van der Waals surface area (Å²) < 4.78 is 5.43. The minimum atomic E-state index is -0.425. The van der Waals surface area contributed by atoms with Gasteiger partial charge in [0.05, 0.1) is 0 Å². The van der Waals surface area contributed by atoms with E-state index in [1.807, 2.05) is 42.7 Å². The first-order valence-electron chi connectivity index (χ1n) is 15.5. The number of aromatic nitrogens is 4. The number of benzene rings is 1. The molecule has 0 radical (unpaired) electrons. The van der Waals surface area contributed by atoms with Gasteiger partial charge in [-0.25, -0.2) is 9.97 Å².